The number of likely N-dealkylation sites (tertiary alicyclic amines) is 1. The number of hydrogen-bond acceptors (Lipinski definition) is 2. The molecule has 2 amide bonds. The van der Waals surface area contributed by atoms with Crippen LogP contribution in [0.15, 0.2) is 0 Å². The number of carbonyl (C=O) groups excluding carboxylic acids is 1. The second-order valence-electron chi connectivity index (χ2n) is 6.05. The molecule has 5 heteroatoms. The van der Waals surface area contributed by atoms with Crippen molar-refractivity contribution in [1.82, 2.24) is 10.2 Å². The number of nitrogens with one attached hydrogen (secondary N) is 1. The second-order valence-corrected chi connectivity index (χ2v) is 6.05. The average molecular weight is 254 g/mol. The maximum atomic E-state index is 11.8. The van der Waals surface area contributed by atoms with Crippen molar-refractivity contribution < 1.29 is 14.7 Å². The Bertz CT molecular complexity index is 331. The van der Waals surface area contributed by atoms with E-state index >= 15 is 0 Å². The number of carbonyl (C=O) groups is 2. The van der Waals surface area contributed by atoms with Crippen LogP contribution in [0.1, 0.15) is 39.0 Å². The van der Waals surface area contributed by atoms with Crippen molar-refractivity contribution in [2.75, 3.05) is 19.6 Å². The smallest absolute Gasteiger partial charge is 0.317 e. The van der Waals surface area contributed by atoms with Gasteiger partial charge in [0.05, 0.1) is 6.42 Å². The van der Waals surface area contributed by atoms with Crippen LogP contribution in [0.2, 0.25) is 0 Å². The van der Waals surface area contributed by atoms with E-state index in [0.29, 0.717) is 13.1 Å². The highest BCUT2D eigenvalue weighted by Crippen LogP contribution is 2.36. The topological polar surface area (TPSA) is 69.6 Å². The predicted molar refractivity (Wildman–Crippen MR) is 67.3 cm³/mol. The maximum Gasteiger partial charge on any atom is 0.317 e. The van der Waals surface area contributed by atoms with Crippen LogP contribution in [0.25, 0.3) is 0 Å². The third kappa shape index (κ3) is 3.15. The zero-order valence-electron chi connectivity index (χ0n) is 10.9. The molecule has 1 aliphatic heterocycles. The van der Waals surface area contributed by atoms with Crippen molar-refractivity contribution in [3.05, 3.63) is 0 Å². The van der Waals surface area contributed by atoms with Crippen molar-refractivity contribution >= 4 is 12.0 Å². The van der Waals surface area contributed by atoms with E-state index in [9.17, 15) is 9.59 Å². The zero-order valence-corrected chi connectivity index (χ0v) is 10.9. The summed E-state index contributed by atoms with van der Waals surface area (Å²) in [5.74, 6) is -0.645. The number of hydrogen-bond donors (Lipinski definition) is 2. The quantitative estimate of drug-likeness (QED) is 0.802. The molecule has 1 heterocycles. The summed E-state index contributed by atoms with van der Waals surface area (Å²) in [7, 11) is 0. The molecule has 5 nitrogen and oxygen atoms in total. The zero-order chi connectivity index (χ0) is 13.2. The summed E-state index contributed by atoms with van der Waals surface area (Å²) in [5.41, 5.74) is 0.265. The third-order valence-electron chi connectivity index (χ3n) is 4.18. The fourth-order valence-electron chi connectivity index (χ4n) is 2.92. The summed E-state index contributed by atoms with van der Waals surface area (Å²) >= 11 is 0. The molecular formula is C13H22N2O3. The van der Waals surface area contributed by atoms with Gasteiger partial charge < -0.3 is 15.3 Å². The van der Waals surface area contributed by atoms with Crippen LogP contribution in [0.3, 0.4) is 0 Å². The SMILES string of the molecule is CC1(CNC(=O)N2CC(CC(=O)O)C2)CCCC1. The highest BCUT2D eigenvalue weighted by atomic mass is 16.4. The molecule has 0 radical (unpaired) electrons. The van der Waals surface area contributed by atoms with E-state index in [4.69, 9.17) is 5.11 Å². The molecule has 0 spiro atoms. The monoisotopic (exact) mass is 254 g/mol. The fraction of sp³-hybridized carbons (Fsp3) is 0.846. The van der Waals surface area contributed by atoms with E-state index in [0.717, 1.165) is 6.54 Å². The Kier molecular flexibility index (Phi) is 3.78. The maximum absolute atomic E-state index is 11.8. The summed E-state index contributed by atoms with van der Waals surface area (Å²) in [6, 6.07) is -0.0373. The number of amides is 2. The molecule has 0 unspecified atom stereocenters. The Morgan fingerprint density at radius 3 is 2.50 bits per heavy atom. The molecule has 0 aromatic heterocycles. The van der Waals surface area contributed by atoms with Crippen LogP contribution >= 0.6 is 0 Å². The number of carboxylic acids is 1. The van der Waals surface area contributed by atoms with Crippen LogP contribution in [-0.2, 0) is 4.79 Å². The number of nitrogens with zero attached hydrogens (tertiary/aromatic N) is 1. The average Bonchev–Trinajstić information content (AvgIpc) is 2.67. The molecule has 2 aliphatic rings. The lowest BCUT2D eigenvalue weighted by Crippen LogP contribution is -2.55. The predicted octanol–water partition coefficient (Wildman–Crippen LogP) is 1.68. The summed E-state index contributed by atoms with van der Waals surface area (Å²) in [6.45, 7) is 4.12. The molecule has 2 rings (SSSR count). The number of aliphatic carboxylic acids is 1. The second kappa shape index (κ2) is 5.16. The lowest BCUT2D eigenvalue weighted by atomic mass is 9.89. The van der Waals surface area contributed by atoms with Gasteiger partial charge in [-0.15, -0.1) is 0 Å². The van der Waals surface area contributed by atoms with E-state index < -0.39 is 5.97 Å². The first kappa shape index (κ1) is 13.2. The summed E-state index contributed by atoms with van der Waals surface area (Å²) in [4.78, 5) is 24.0. The molecule has 0 aromatic carbocycles. The van der Waals surface area contributed by atoms with Crippen molar-refractivity contribution in [2.45, 2.75) is 39.0 Å². The van der Waals surface area contributed by atoms with Gasteiger partial charge in [-0.3, -0.25) is 4.79 Å². The first-order valence-corrected chi connectivity index (χ1v) is 6.73. The van der Waals surface area contributed by atoms with Gasteiger partial charge in [0.2, 0.25) is 0 Å². The van der Waals surface area contributed by atoms with Gasteiger partial charge in [0, 0.05) is 25.6 Å². The standard InChI is InChI=1S/C13H22N2O3/c1-13(4-2-3-5-13)9-14-12(18)15-7-10(8-15)6-11(16)17/h10H,2-9H2,1H3,(H,14,18)(H,16,17). The highest BCUT2D eigenvalue weighted by molar-refractivity contribution is 5.75. The number of rotatable bonds is 4. The van der Waals surface area contributed by atoms with Gasteiger partial charge in [-0.25, -0.2) is 4.79 Å². The van der Waals surface area contributed by atoms with E-state index in [1.54, 1.807) is 4.90 Å². The van der Waals surface area contributed by atoms with Gasteiger partial charge in [-0.1, -0.05) is 19.8 Å². The molecule has 0 aromatic rings. The molecule has 1 saturated heterocycles. The van der Waals surface area contributed by atoms with Gasteiger partial charge in [0.15, 0.2) is 0 Å². The molecule has 102 valence electrons. The number of urea groups is 1. The minimum Gasteiger partial charge on any atom is -0.481 e. The summed E-state index contributed by atoms with van der Waals surface area (Å²) < 4.78 is 0. The molecule has 1 saturated carbocycles. The van der Waals surface area contributed by atoms with Crippen LogP contribution in [0.5, 0.6) is 0 Å². The van der Waals surface area contributed by atoms with Gasteiger partial charge >= 0.3 is 12.0 Å². The largest absolute Gasteiger partial charge is 0.481 e. The number of carboxylic acid groups (broad SMARTS) is 1. The lowest BCUT2D eigenvalue weighted by molar-refractivity contribution is -0.139. The van der Waals surface area contributed by atoms with Gasteiger partial charge in [-0.05, 0) is 18.3 Å². The fourth-order valence-corrected chi connectivity index (χ4v) is 2.92. The molecule has 18 heavy (non-hydrogen) atoms. The van der Waals surface area contributed by atoms with Crippen molar-refractivity contribution in [2.24, 2.45) is 11.3 Å². The summed E-state index contributed by atoms with van der Waals surface area (Å²) in [6.07, 6.45) is 5.07. The van der Waals surface area contributed by atoms with E-state index in [1.165, 1.54) is 25.7 Å². The molecular weight excluding hydrogens is 232 g/mol. The molecule has 2 N–H and O–H groups in total. The van der Waals surface area contributed by atoms with Gasteiger partial charge in [0.1, 0.15) is 0 Å². The third-order valence-corrected chi connectivity index (χ3v) is 4.18. The Hall–Kier alpha value is -1.26. The van der Waals surface area contributed by atoms with Gasteiger partial charge in [-0.2, -0.15) is 0 Å². The minimum atomic E-state index is -0.779. The Morgan fingerprint density at radius 1 is 1.33 bits per heavy atom. The molecule has 1 aliphatic carbocycles. The Labute approximate surface area is 108 Å². The van der Waals surface area contributed by atoms with Gasteiger partial charge in [0.25, 0.3) is 0 Å². The van der Waals surface area contributed by atoms with Crippen LogP contribution in [-0.4, -0.2) is 41.6 Å². The normalized spacial score (nSPS) is 22.6. The van der Waals surface area contributed by atoms with E-state index in [2.05, 4.69) is 12.2 Å². The Morgan fingerprint density at radius 2 is 1.94 bits per heavy atom. The first-order valence-electron chi connectivity index (χ1n) is 6.73. The van der Waals surface area contributed by atoms with Crippen molar-refractivity contribution in [3.63, 3.8) is 0 Å². The van der Waals surface area contributed by atoms with Crippen molar-refractivity contribution in [1.29, 1.82) is 0 Å². The van der Waals surface area contributed by atoms with Crippen molar-refractivity contribution in [3.8, 4) is 0 Å². The van der Waals surface area contributed by atoms with Crippen LogP contribution in [0, 0.1) is 11.3 Å². The minimum absolute atomic E-state index is 0.0373. The first-order chi connectivity index (χ1) is 8.48. The van der Waals surface area contributed by atoms with E-state index in [-0.39, 0.29) is 23.8 Å². The molecule has 0 atom stereocenters. The van der Waals surface area contributed by atoms with Crippen LogP contribution < -0.4 is 5.32 Å². The summed E-state index contributed by atoms with van der Waals surface area (Å²) in [5, 5.41) is 11.6. The van der Waals surface area contributed by atoms with Crippen LogP contribution in [0.4, 0.5) is 4.79 Å². The molecule has 2 fully saturated rings. The Balaban J connectivity index is 1.66. The van der Waals surface area contributed by atoms with E-state index in [1.807, 2.05) is 0 Å². The lowest BCUT2D eigenvalue weighted by Gasteiger charge is -2.39. The highest BCUT2D eigenvalue weighted by Gasteiger charge is 2.34. The molecule has 0 bridgehead atoms.